The molecule has 0 saturated heterocycles. The third kappa shape index (κ3) is 3.16. The fraction of sp³-hybridized carbons (Fsp3) is 0.133. The summed E-state index contributed by atoms with van der Waals surface area (Å²) >= 11 is 3.06. The Morgan fingerprint density at radius 1 is 1.35 bits per heavy atom. The molecule has 102 valence electrons. The van der Waals surface area contributed by atoms with Crippen LogP contribution in [0.3, 0.4) is 0 Å². The maximum Gasteiger partial charge on any atom is 0.181 e. The first-order valence-electron chi connectivity index (χ1n) is 5.95. The summed E-state index contributed by atoms with van der Waals surface area (Å²) in [5, 5.41) is 11.9. The van der Waals surface area contributed by atoms with Gasteiger partial charge in [-0.05, 0) is 52.8 Å². The number of nitriles is 1. The Morgan fingerprint density at radius 3 is 2.85 bits per heavy atom. The zero-order chi connectivity index (χ0) is 14.5. The molecule has 3 nitrogen and oxygen atoms in total. The van der Waals surface area contributed by atoms with Crippen molar-refractivity contribution in [2.75, 3.05) is 7.05 Å². The van der Waals surface area contributed by atoms with Gasteiger partial charge in [-0.1, -0.05) is 12.1 Å². The van der Waals surface area contributed by atoms with Gasteiger partial charge in [0.05, 0.1) is 10.0 Å². The number of ether oxygens (including phenoxy) is 1. The summed E-state index contributed by atoms with van der Waals surface area (Å²) in [5.41, 5.74) is 1.27. The van der Waals surface area contributed by atoms with Crippen molar-refractivity contribution in [3.05, 3.63) is 57.8 Å². The van der Waals surface area contributed by atoms with E-state index in [4.69, 9.17) is 10.00 Å². The van der Waals surface area contributed by atoms with E-state index in [9.17, 15) is 4.39 Å². The lowest BCUT2D eigenvalue weighted by atomic mass is 10.2. The number of halogens is 2. The summed E-state index contributed by atoms with van der Waals surface area (Å²) < 4.78 is 19.7. The van der Waals surface area contributed by atoms with Crippen LogP contribution in [0.1, 0.15) is 11.1 Å². The molecule has 0 radical (unpaired) electrons. The monoisotopic (exact) mass is 334 g/mol. The number of benzene rings is 2. The summed E-state index contributed by atoms with van der Waals surface area (Å²) in [7, 11) is 1.85. The van der Waals surface area contributed by atoms with Crippen LogP contribution < -0.4 is 10.1 Å². The van der Waals surface area contributed by atoms with Crippen LogP contribution in [0.15, 0.2) is 40.9 Å². The summed E-state index contributed by atoms with van der Waals surface area (Å²) in [5.74, 6) is 0.0498. The lowest BCUT2D eigenvalue weighted by Crippen LogP contribution is -2.04. The first-order chi connectivity index (χ1) is 9.65. The van der Waals surface area contributed by atoms with Crippen LogP contribution in [-0.2, 0) is 6.54 Å². The van der Waals surface area contributed by atoms with Crippen molar-refractivity contribution >= 4 is 15.9 Å². The smallest absolute Gasteiger partial charge is 0.181 e. The molecule has 0 spiro atoms. The number of hydrogen-bond donors (Lipinski definition) is 1. The molecule has 20 heavy (non-hydrogen) atoms. The molecule has 0 unspecified atom stereocenters. The predicted octanol–water partition coefficient (Wildman–Crippen LogP) is 3.97. The zero-order valence-corrected chi connectivity index (χ0v) is 12.4. The summed E-state index contributed by atoms with van der Waals surface area (Å²) in [4.78, 5) is 0. The highest BCUT2D eigenvalue weighted by Crippen LogP contribution is 2.31. The molecule has 0 saturated carbocycles. The van der Waals surface area contributed by atoms with E-state index in [-0.39, 0.29) is 15.8 Å². The van der Waals surface area contributed by atoms with E-state index in [2.05, 4.69) is 21.2 Å². The quantitative estimate of drug-likeness (QED) is 0.919. The summed E-state index contributed by atoms with van der Waals surface area (Å²) in [6.07, 6.45) is 0. The molecular weight excluding hydrogens is 323 g/mol. The molecule has 5 heteroatoms. The van der Waals surface area contributed by atoms with Crippen molar-refractivity contribution in [1.29, 1.82) is 5.26 Å². The second-order valence-corrected chi connectivity index (χ2v) is 4.92. The molecule has 0 fully saturated rings. The Balaban J connectivity index is 2.29. The Labute approximate surface area is 125 Å². The van der Waals surface area contributed by atoms with Crippen LogP contribution in [0.4, 0.5) is 4.39 Å². The minimum absolute atomic E-state index is 0.0810. The maximum absolute atomic E-state index is 14.0. The van der Waals surface area contributed by atoms with Crippen molar-refractivity contribution < 1.29 is 9.13 Å². The number of nitrogens with zero attached hydrogens (tertiary/aromatic N) is 1. The molecule has 2 aromatic carbocycles. The standard InChI is InChI=1S/C15H12BrFN2O/c1-19-9-10-3-2-4-12(7-10)20-13-6-5-11(8-18)14(16)15(13)17/h2-7,19H,9H2,1H3. The fourth-order valence-corrected chi connectivity index (χ4v) is 2.16. The first-order valence-corrected chi connectivity index (χ1v) is 6.74. The van der Waals surface area contributed by atoms with Gasteiger partial charge in [-0.15, -0.1) is 0 Å². The minimum atomic E-state index is -0.580. The van der Waals surface area contributed by atoms with Crippen LogP contribution in [-0.4, -0.2) is 7.05 Å². The van der Waals surface area contributed by atoms with Gasteiger partial charge >= 0.3 is 0 Å². The van der Waals surface area contributed by atoms with Gasteiger partial charge in [0.15, 0.2) is 11.6 Å². The largest absolute Gasteiger partial charge is 0.454 e. The van der Waals surface area contributed by atoms with Gasteiger partial charge < -0.3 is 10.1 Å². The van der Waals surface area contributed by atoms with Gasteiger partial charge in [-0.2, -0.15) is 5.26 Å². The first kappa shape index (κ1) is 14.5. The molecule has 0 atom stereocenters. The van der Waals surface area contributed by atoms with E-state index >= 15 is 0 Å². The van der Waals surface area contributed by atoms with Gasteiger partial charge in [0.2, 0.25) is 0 Å². The van der Waals surface area contributed by atoms with Crippen molar-refractivity contribution in [3.63, 3.8) is 0 Å². The van der Waals surface area contributed by atoms with Crippen LogP contribution >= 0.6 is 15.9 Å². The molecule has 0 amide bonds. The fourth-order valence-electron chi connectivity index (χ4n) is 1.75. The number of hydrogen-bond acceptors (Lipinski definition) is 3. The van der Waals surface area contributed by atoms with E-state index in [0.717, 1.165) is 5.56 Å². The highest BCUT2D eigenvalue weighted by Gasteiger charge is 2.13. The predicted molar refractivity (Wildman–Crippen MR) is 78.1 cm³/mol. The van der Waals surface area contributed by atoms with Crippen molar-refractivity contribution in [3.8, 4) is 17.6 Å². The van der Waals surface area contributed by atoms with E-state index in [1.807, 2.05) is 31.3 Å². The Bertz CT molecular complexity index is 667. The molecule has 2 aromatic rings. The van der Waals surface area contributed by atoms with Crippen molar-refractivity contribution in [2.45, 2.75) is 6.54 Å². The molecule has 1 N–H and O–H groups in total. The molecule has 0 aromatic heterocycles. The van der Waals surface area contributed by atoms with Crippen LogP contribution in [0, 0.1) is 17.1 Å². The second-order valence-electron chi connectivity index (χ2n) is 4.13. The molecule has 0 heterocycles. The SMILES string of the molecule is CNCc1cccc(Oc2ccc(C#N)c(Br)c2F)c1. The normalized spacial score (nSPS) is 10.1. The number of rotatable bonds is 4. The van der Waals surface area contributed by atoms with Gasteiger partial charge in [0.25, 0.3) is 0 Å². The second kappa shape index (κ2) is 6.51. The van der Waals surface area contributed by atoms with Crippen LogP contribution in [0.2, 0.25) is 0 Å². The Hall–Kier alpha value is -1.90. The third-order valence-electron chi connectivity index (χ3n) is 2.67. The summed E-state index contributed by atoms with van der Waals surface area (Å²) in [6, 6.07) is 12.3. The Kier molecular flexibility index (Phi) is 4.72. The maximum atomic E-state index is 14.0. The molecule has 2 rings (SSSR count). The molecule has 0 bridgehead atoms. The highest BCUT2D eigenvalue weighted by molar-refractivity contribution is 9.10. The van der Waals surface area contributed by atoms with E-state index in [1.54, 1.807) is 6.07 Å². The molecule has 0 aliphatic heterocycles. The van der Waals surface area contributed by atoms with Crippen molar-refractivity contribution in [1.82, 2.24) is 5.32 Å². The summed E-state index contributed by atoms with van der Waals surface area (Å²) in [6.45, 7) is 0.705. The minimum Gasteiger partial charge on any atom is -0.454 e. The lowest BCUT2D eigenvalue weighted by Gasteiger charge is -2.09. The zero-order valence-electron chi connectivity index (χ0n) is 10.8. The van der Waals surface area contributed by atoms with Gasteiger partial charge in [-0.3, -0.25) is 0 Å². The van der Waals surface area contributed by atoms with Gasteiger partial charge in [0.1, 0.15) is 11.8 Å². The van der Waals surface area contributed by atoms with Gasteiger partial charge in [0, 0.05) is 6.54 Å². The Morgan fingerprint density at radius 2 is 2.15 bits per heavy atom. The topological polar surface area (TPSA) is 45.0 Å². The van der Waals surface area contributed by atoms with Crippen molar-refractivity contribution in [2.24, 2.45) is 0 Å². The third-order valence-corrected chi connectivity index (χ3v) is 3.45. The van der Waals surface area contributed by atoms with E-state index in [1.165, 1.54) is 12.1 Å². The molecule has 0 aliphatic carbocycles. The molecular formula is C15H12BrFN2O. The van der Waals surface area contributed by atoms with Gasteiger partial charge in [-0.25, -0.2) is 4.39 Å². The highest BCUT2D eigenvalue weighted by atomic mass is 79.9. The van der Waals surface area contributed by atoms with E-state index in [0.29, 0.717) is 12.3 Å². The average molecular weight is 335 g/mol. The molecule has 0 aliphatic rings. The van der Waals surface area contributed by atoms with Crippen LogP contribution in [0.5, 0.6) is 11.5 Å². The lowest BCUT2D eigenvalue weighted by molar-refractivity contribution is 0.439. The number of nitrogens with one attached hydrogen (secondary N) is 1. The average Bonchev–Trinajstić information content (AvgIpc) is 2.45. The van der Waals surface area contributed by atoms with Crippen LogP contribution in [0.25, 0.3) is 0 Å². The van der Waals surface area contributed by atoms with E-state index < -0.39 is 5.82 Å².